The molecule has 0 aliphatic heterocycles. The van der Waals surface area contributed by atoms with Crippen LogP contribution in [-0.2, 0) is 4.79 Å². The highest BCUT2D eigenvalue weighted by Crippen LogP contribution is 2.20. The maximum Gasteiger partial charge on any atom is 0.241 e. The molecule has 1 aromatic carbocycles. The summed E-state index contributed by atoms with van der Waals surface area (Å²) >= 11 is 5.98. The van der Waals surface area contributed by atoms with Crippen molar-refractivity contribution in [3.05, 3.63) is 28.8 Å². The zero-order valence-corrected chi connectivity index (χ0v) is 11.2. The maximum absolute atomic E-state index is 11.8. The Balaban J connectivity index is 2.64. The number of carbonyl (C=O) groups excluding carboxylic acids is 1. The third kappa shape index (κ3) is 4.36. The van der Waals surface area contributed by atoms with Crippen LogP contribution in [0.2, 0.25) is 5.02 Å². The Labute approximate surface area is 107 Å². The average Bonchev–Trinajstić information content (AvgIpc) is 2.22. The molecule has 0 unspecified atom stereocenters. The van der Waals surface area contributed by atoms with Gasteiger partial charge in [0.1, 0.15) is 0 Å². The van der Waals surface area contributed by atoms with Crippen molar-refractivity contribution in [3.8, 4) is 0 Å². The van der Waals surface area contributed by atoms with Crippen molar-refractivity contribution < 1.29 is 4.79 Å². The zero-order chi connectivity index (χ0) is 13.0. The molecular weight excluding hydrogens is 236 g/mol. The first-order valence-electron chi connectivity index (χ1n) is 5.72. The second kappa shape index (κ2) is 6.03. The molecule has 94 valence electrons. The number of hydrogen-bond acceptors (Lipinski definition) is 2. The number of aryl methyl sites for hydroxylation is 1. The van der Waals surface area contributed by atoms with Gasteiger partial charge in [-0.1, -0.05) is 31.5 Å². The van der Waals surface area contributed by atoms with E-state index in [0.29, 0.717) is 23.0 Å². The minimum atomic E-state index is -0.477. The summed E-state index contributed by atoms with van der Waals surface area (Å²) in [7, 11) is 0. The lowest BCUT2D eigenvalue weighted by molar-refractivity contribution is -0.117. The number of rotatable bonds is 4. The second-order valence-corrected chi connectivity index (χ2v) is 5.10. The van der Waals surface area contributed by atoms with Crippen molar-refractivity contribution in [2.75, 3.05) is 5.32 Å². The Hall–Kier alpha value is -1.06. The van der Waals surface area contributed by atoms with Gasteiger partial charge < -0.3 is 11.1 Å². The lowest BCUT2D eigenvalue weighted by atomic mass is 10.0. The molecule has 0 aromatic heterocycles. The summed E-state index contributed by atoms with van der Waals surface area (Å²) in [6.45, 7) is 5.99. The molecule has 0 heterocycles. The molecule has 0 aliphatic rings. The molecule has 0 fully saturated rings. The van der Waals surface area contributed by atoms with E-state index < -0.39 is 6.04 Å². The zero-order valence-electron chi connectivity index (χ0n) is 10.5. The number of anilines is 1. The summed E-state index contributed by atoms with van der Waals surface area (Å²) < 4.78 is 0. The molecule has 0 saturated carbocycles. The molecule has 1 atom stereocenters. The highest BCUT2D eigenvalue weighted by Gasteiger charge is 2.15. The molecule has 17 heavy (non-hydrogen) atoms. The molecule has 4 heteroatoms. The number of nitrogens with one attached hydrogen (secondary N) is 1. The van der Waals surface area contributed by atoms with Gasteiger partial charge >= 0.3 is 0 Å². The van der Waals surface area contributed by atoms with Gasteiger partial charge in [0.2, 0.25) is 5.91 Å². The number of benzene rings is 1. The normalized spacial score (nSPS) is 12.6. The first-order valence-corrected chi connectivity index (χ1v) is 6.10. The summed E-state index contributed by atoms with van der Waals surface area (Å²) in [4.78, 5) is 11.8. The quantitative estimate of drug-likeness (QED) is 0.868. The minimum Gasteiger partial charge on any atom is -0.325 e. The Morgan fingerprint density at radius 3 is 2.65 bits per heavy atom. The van der Waals surface area contributed by atoms with E-state index in [1.165, 1.54) is 0 Å². The average molecular weight is 255 g/mol. The van der Waals surface area contributed by atoms with Gasteiger partial charge in [0, 0.05) is 10.7 Å². The number of amides is 1. The van der Waals surface area contributed by atoms with E-state index in [4.69, 9.17) is 17.3 Å². The summed E-state index contributed by atoms with van der Waals surface area (Å²) in [6.07, 6.45) is 0.672. The molecule has 3 N–H and O–H groups in total. The van der Waals surface area contributed by atoms with Crippen LogP contribution < -0.4 is 11.1 Å². The molecule has 0 saturated heterocycles. The first-order chi connectivity index (χ1) is 7.90. The summed E-state index contributed by atoms with van der Waals surface area (Å²) in [5.74, 6) is 0.232. The highest BCUT2D eigenvalue weighted by molar-refractivity contribution is 6.31. The standard InChI is InChI=1S/C13H19ClN2O/c1-8(2)6-12(15)13(17)16-10-5-4-9(3)11(14)7-10/h4-5,7-8,12H,6,15H2,1-3H3,(H,16,17)/t12-/m0/s1. The SMILES string of the molecule is Cc1ccc(NC(=O)[C@@H](N)CC(C)C)cc1Cl. The number of halogens is 1. The maximum atomic E-state index is 11.8. The van der Waals surface area contributed by atoms with Crippen LogP contribution in [0, 0.1) is 12.8 Å². The number of nitrogens with two attached hydrogens (primary N) is 1. The first kappa shape index (κ1) is 14.0. The van der Waals surface area contributed by atoms with Crippen molar-refractivity contribution in [2.24, 2.45) is 11.7 Å². The van der Waals surface area contributed by atoms with Crippen LogP contribution in [0.1, 0.15) is 25.8 Å². The highest BCUT2D eigenvalue weighted by atomic mass is 35.5. The van der Waals surface area contributed by atoms with Gasteiger partial charge in [-0.15, -0.1) is 0 Å². The molecule has 0 aliphatic carbocycles. The fourth-order valence-corrected chi connectivity index (χ4v) is 1.70. The fraction of sp³-hybridized carbons (Fsp3) is 0.462. The molecule has 3 nitrogen and oxygen atoms in total. The topological polar surface area (TPSA) is 55.1 Å². The van der Waals surface area contributed by atoms with Crippen molar-refractivity contribution in [1.29, 1.82) is 0 Å². The molecule has 1 amide bonds. The molecule has 1 aromatic rings. The van der Waals surface area contributed by atoms with Crippen molar-refractivity contribution in [1.82, 2.24) is 0 Å². The van der Waals surface area contributed by atoms with Crippen LogP contribution >= 0.6 is 11.6 Å². The largest absolute Gasteiger partial charge is 0.325 e. The van der Waals surface area contributed by atoms with Gasteiger partial charge in [-0.3, -0.25) is 4.79 Å². The van der Waals surface area contributed by atoms with Crippen LogP contribution in [0.4, 0.5) is 5.69 Å². The van der Waals surface area contributed by atoms with E-state index in [-0.39, 0.29) is 5.91 Å². The van der Waals surface area contributed by atoms with E-state index >= 15 is 0 Å². The Kier molecular flexibility index (Phi) is 4.97. The van der Waals surface area contributed by atoms with Gasteiger partial charge in [-0.25, -0.2) is 0 Å². The third-order valence-corrected chi connectivity index (χ3v) is 2.91. The van der Waals surface area contributed by atoms with E-state index in [9.17, 15) is 4.79 Å². The molecule has 0 spiro atoms. The lowest BCUT2D eigenvalue weighted by Crippen LogP contribution is -2.36. The minimum absolute atomic E-state index is 0.168. The van der Waals surface area contributed by atoms with Crippen molar-refractivity contribution in [2.45, 2.75) is 33.2 Å². The summed E-state index contributed by atoms with van der Waals surface area (Å²) in [5, 5.41) is 3.41. The van der Waals surface area contributed by atoms with Gasteiger partial charge in [-0.05, 0) is 37.0 Å². The van der Waals surface area contributed by atoms with E-state index in [2.05, 4.69) is 5.32 Å². The third-order valence-electron chi connectivity index (χ3n) is 2.50. The Morgan fingerprint density at radius 1 is 1.47 bits per heavy atom. The van der Waals surface area contributed by atoms with E-state index in [0.717, 1.165) is 5.56 Å². The smallest absolute Gasteiger partial charge is 0.241 e. The van der Waals surface area contributed by atoms with Crippen molar-refractivity contribution >= 4 is 23.2 Å². The lowest BCUT2D eigenvalue weighted by Gasteiger charge is -2.14. The van der Waals surface area contributed by atoms with Gasteiger partial charge in [0.25, 0.3) is 0 Å². The fourth-order valence-electron chi connectivity index (χ4n) is 1.52. The predicted octanol–water partition coefficient (Wildman–Crippen LogP) is 2.96. The molecular formula is C13H19ClN2O. The van der Waals surface area contributed by atoms with Crippen LogP contribution in [0.3, 0.4) is 0 Å². The van der Waals surface area contributed by atoms with Gasteiger partial charge in [-0.2, -0.15) is 0 Å². The van der Waals surface area contributed by atoms with Crippen LogP contribution in [0.15, 0.2) is 18.2 Å². The summed E-state index contributed by atoms with van der Waals surface area (Å²) in [6, 6.07) is 4.94. The molecule has 1 rings (SSSR count). The van der Waals surface area contributed by atoms with Crippen LogP contribution in [0.25, 0.3) is 0 Å². The van der Waals surface area contributed by atoms with Crippen LogP contribution in [-0.4, -0.2) is 11.9 Å². The number of hydrogen-bond donors (Lipinski definition) is 2. The van der Waals surface area contributed by atoms with E-state index in [1.54, 1.807) is 6.07 Å². The molecule has 0 bridgehead atoms. The van der Waals surface area contributed by atoms with Gasteiger partial charge in [0.15, 0.2) is 0 Å². The van der Waals surface area contributed by atoms with E-state index in [1.807, 2.05) is 32.9 Å². The summed E-state index contributed by atoms with van der Waals surface area (Å²) in [5.41, 5.74) is 7.46. The Bertz CT molecular complexity index is 404. The van der Waals surface area contributed by atoms with Crippen LogP contribution in [0.5, 0.6) is 0 Å². The monoisotopic (exact) mass is 254 g/mol. The van der Waals surface area contributed by atoms with Crippen molar-refractivity contribution in [3.63, 3.8) is 0 Å². The molecule has 0 radical (unpaired) electrons. The number of carbonyl (C=O) groups is 1. The predicted molar refractivity (Wildman–Crippen MR) is 72.2 cm³/mol. The van der Waals surface area contributed by atoms with Gasteiger partial charge in [0.05, 0.1) is 6.04 Å². The Morgan fingerprint density at radius 2 is 2.12 bits per heavy atom. The second-order valence-electron chi connectivity index (χ2n) is 4.69.